The zero-order valence-electron chi connectivity index (χ0n) is 13.4. The number of likely N-dealkylation sites (N-methyl/N-ethyl adjacent to an activating group) is 1. The zero-order valence-corrected chi connectivity index (χ0v) is 13.4. The predicted molar refractivity (Wildman–Crippen MR) is 82.6 cm³/mol. The van der Waals surface area contributed by atoms with Gasteiger partial charge < -0.3 is 10.2 Å². The molecule has 0 radical (unpaired) electrons. The molecule has 1 heterocycles. The molecule has 19 heavy (non-hydrogen) atoms. The summed E-state index contributed by atoms with van der Waals surface area (Å²) in [5.74, 6) is 0.948. The Morgan fingerprint density at radius 3 is 2.16 bits per heavy atom. The van der Waals surface area contributed by atoms with Crippen LogP contribution in [0.25, 0.3) is 0 Å². The SMILES string of the molecule is CC1CCC(NCC(C)(C)N2CCN(C)CC2)CC1. The molecule has 3 nitrogen and oxygen atoms in total. The molecule has 1 N–H and O–H groups in total. The summed E-state index contributed by atoms with van der Waals surface area (Å²) >= 11 is 0. The lowest BCUT2D eigenvalue weighted by Crippen LogP contribution is -2.58. The first-order valence-electron chi connectivity index (χ1n) is 8.14. The van der Waals surface area contributed by atoms with E-state index in [1.165, 1.54) is 51.9 Å². The second-order valence-electron chi connectivity index (χ2n) is 7.44. The largest absolute Gasteiger partial charge is 0.312 e. The molecule has 0 amide bonds. The minimum Gasteiger partial charge on any atom is -0.312 e. The molecular weight excluding hydrogens is 234 g/mol. The third-order valence-electron chi connectivity index (χ3n) is 5.20. The Morgan fingerprint density at radius 1 is 1.00 bits per heavy atom. The topological polar surface area (TPSA) is 18.5 Å². The van der Waals surface area contributed by atoms with Crippen LogP contribution in [0.15, 0.2) is 0 Å². The number of hydrogen-bond donors (Lipinski definition) is 1. The maximum atomic E-state index is 3.84. The molecule has 2 aliphatic rings. The molecule has 0 bridgehead atoms. The number of hydrogen-bond acceptors (Lipinski definition) is 3. The first kappa shape index (κ1) is 15.3. The highest BCUT2D eigenvalue weighted by atomic mass is 15.3. The van der Waals surface area contributed by atoms with Gasteiger partial charge in [0, 0.05) is 44.3 Å². The summed E-state index contributed by atoms with van der Waals surface area (Å²) in [5.41, 5.74) is 0.296. The minimum atomic E-state index is 0.296. The molecule has 1 saturated heterocycles. The number of nitrogens with one attached hydrogen (secondary N) is 1. The molecule has 1 aliphatic heterocycles. The van der Waals surface area contributed by atoms with Crippen LogP contribution in [0.1, 0.15) is 46.5 Å². The van der Waals surface area contributed by atoms with Crippen molar-refractivity contribution in [1.29, 1.82) is 0 Å². The standard InChI is InChI=1S/C16H33N3/c1-14-5-7-15(8-6-14)17-13-16(2,3)19-11-9-18(4)10-12-19/h14-15,17H,5-13H2,1-4H3. The van der Waals surface area contributed by atoms with Crippen LogP contribution in [-0.4, -0.2) is 61.2 Å². The average Bonchev–Trinajstić information content (AvgIpc) is 2.39. The molecule has 0 spiro atoms. The molecule has 3 heteroatoms. The van der Waals surface area contributed by atoms with Gasteiger partial charge in [0.15, 0.2) is 0 Å². The van der Waals surface area contributed by atoms with E-state index in [0.717, 1.165) is 18.5 Å². The highest BCUT2D eigenvalue weighted by Gasteiger charge is 2.30. The van der Waals surface area contributed by atoms with Gasteiger partial charge >= 0.3 is 0 Å². The third kappa shape index (κ3) is 4.44. The van der Waals surface area contributed by atoms with E-state index in [1.54, 1.807) is 0 Å². The lowest BCUT2D eigenvalue weighted by atomic mass is 9.87. The monoisotopic (exact) mass is 267 g/mol. The van der Waals surface area contributed by atoms with Crippen molar-refractivity contribution < 1.29 is 0 Å². The van der Waals surface area contributed by atoms with Crippen LogP contribution >= 0.6 is 0 Å². The van der Waals surface area contributed by atoms with Crippen LogP contribution in [0.3, 0.4) is 0 Å². The van der Waals surface area contributed by atoms with E-state index >= 15 is 0 Å². The lowest BCUT2D eigenvalue weighted by Gasteiger charge is -2.44. The fourth-order valence-electron chi connectivity index (χ4n) is 3.38. The second kappa shape index (κ2) is 6.55. The van der Waals surface area contributed by atoms with E-state index in [4.69, 9.17) is 0 Å². The van der Waals surface area contributed by atoms with Gasteiger partial charge in [-0.15, -0.1) is 0 Å². The molecule has 0 aromatic rings. The van der Waals surface area contributed by atoms with Crippen LogP contribution < -0.4 is 5.32 Å². The highest BCUT2D eigenvalue weighted by Crippen LogP contribution is 2.24. The van der Waals surface area contributed by atoms with E-state index < -0.39 is 0 Å². The van der Waals surface area contributed by atoms with Crippen LogP contribution in [0.5, 0.6) is 0 Å². The predicted octanol–water partition coefficient (Wildman–Crippen LogP) is 2.18. The summed E-state index contributed by atoms with van der Waals surface area (Å²) in [7, 11) is 2.23. The molecule has 0 aromatic carbocycles. The van der Waals surface area contributed by atoms with Gasteiger partial charge in [-0.25, -0.2) is 0 Å². The van der Waals surface area contributed by atoms with Crippen molar-refractivity contribution in [2.75, 3.05) is 39.8 Å². The van der Waals surface area contributed by atoms with Crippen molar-refractivity contribution in [2.45, 2.75) is 58.0 Å². The van der Waals surface area contributed by atoms with Crippen molar-refractivity contribution in [1.82, 2.24) is 15.1 Å². The Kier molecular flexibility index (Phi) is 5.27. The molecule has 2 fully saturated rings. The molecule has 1 aliphatic carbocycles. The van der Waals surface area contributed by atoms with E-state index in [9.17, 15) is 0 Å². The summed E-state index contributed by atoms with van der Waals surface area (Å²) in [5, 5.41) is 3.84. The maximum Gasteiger partial charge on any atom is 0.0278 e. The summed E-state index contributed by atoms with van der Waals surface area (Å²) in [6.45, 7) is 13.2. The van der Waals surface area contributed by atoms with Gasteiger partial charge in [0.25, 0.3) is 0 Å². The smallest absolute Gasteiger partial charge is 0.0278 e. The molecule has 0 atom stereocenters. The van der Waals surface area contributed by atoms with Crippen LogP contribution in [0.4, 0.5) is 0 Å². The van der Waals surface area contributed by atoms with E-state index in [0.29, 0.717) is 5.54 Å². The normalized spacial score (nSPS) is 31.6. The van der Waals surface area contributed by atoms with Crippen molar-refractivity contribution in [3.8, 4) is 0 Å². The van der Waals surface area contributed by atoms with Crippen molar-refractivity contribution >= 4 is 0 Å². The van der Waals surface area contributed by atoms with Gasteiger partial charge in [-0.05, 0) is 52.5 Å². The van der Waals surface area contributed by atoms with Gasteiger partial charge in [-0.2, -0.15) is 0 Å². The fourth-order valence-corrected chi connectivity index (χ4v) is 3.38. The van der Waals surface area contributed by atoms with Crippen molar-refractivity contribution in [3.05, 3.63) is 0 Å². The Hall–Kier alpha value is -0.120. The number of rotatable bonds is 4. The molecule has 0 unspecified atom stereocenters. The first-order chi connectivity index (χ1) is 8.97. The first-order valence-corrected chi connectivity index (χ1v) is 8.14. The highest BCUT2D eigenvalue weighted by molar-refractivity contribution is 4.88. The quantitative estimate of drug-likeness (QED) is 0.842. The number of piperazine rings is 1. The van der Waals surface area contributed by atoms with Crippen LogP contribution in [0.2, 0.25) is 0 Å². The Labute approximate surface area is 119 Å². The second-order valence-corrected chi connectivity index (χ2v) is 7.44. The van der Waals surface area contributed by atoms with E-state index in [2.05, 4.69) is 42.9 Å². The Morgan fingerprint density at radius 2 is 1.58 bits per heavy atom. The number of nitrogens with zero attached hydrogens (tertiary/aromatic N) is 2. The lowest BCUT2D eigenvalue weighted by molar-refractivity contribution is 0.0588. The van der Waals surface area contributed by atoms with Crippen LogP contribution in [-0.2, 0) is 0 Å². The van der Waals surface area contributed by atoms with Crippen molar-refractivity contribution in [3.63, 3.8) is 0 Å². The van der Waals surface area contributed by atoms with Gasteiger partial charge in [0.05, 0.1) is 0 Å². The molecule has 112 valence electrons. The van der Waals surface area contributed by atoms with Gasteiger partial charge in [-0.3, -0.25) is 4.90 Å². The molecular formula is C16H33N3. The van der Waals surface area contributed by atoms with Gasteiger partial charge in [-0.1, -0.05) is 6.92 Å². The van der Waals surface area contributed by atoms with Gasteiger partial charge in [0.1, 0.15) is 0 Å². The maximum absolute atomic E-state index is 3.84. The average molecular weight is 267 g/mol. The summed E-state index contributed by atoms with van der Waals surface area (Å²) < 4.78 is 0. The summed E-state index contributed by atoms with van der Waals surface area (Å²) in [4.78, 5) is 5.09. The summed E-state index contributed by atoms with van der Waals surface area (Å²) in [6, 6.07) is 0.767. The zero-order chi connectivity index (χ0) is 13.9. The van der Waals surface area contributed by atoms with Gasteiger partial charge in [0.2, 0.25) is 0 Å². The molecule has 2 rings (SSSR count). The van der Waals surface area contributed by atoms with Crippen LogP contribution in [0, 0.1) is 5.92 Å². The summed E-state index contributed by atoms with van der Waals surface area (Å²) in [6.07, 6.45) is 5.57. The van der Waals surface area contributed by atoms with E-state index in [-0.39, 0.29) is 0 Å². The minimum absolute atomic E-state index is 0.296. The van der Waals surface area contributed by atoms with Crippen molar-refractivity contribution in [2.24, 2.45) is 5.92 Å². The third-order valence-corrected chi connectivity index (χ3v) is 5.20. The molecule has 0 aromatic heterocycles. The molecule has 1 saturated carbocycles. The Bertz CT molecular complexity index is 261. The fraction of sp³-hybridized carbons (Fsp3) is 1.00. The van der Waals surface area contributed by atoms with E-state index in [1.807, 2.05) is 0 Å². The Balaban J connectivity index is 1.74.